The second-order valence-corrected chi connectivity index (χ2v) is 5.07. The number of hydrogen-bond donors (Lipinski definition) is 2. The number of aromatic nitrogens is 2. The summed E-state index contributed by atoms with van der Waals surface area (Å²) in [6, 6.07) is 6.87. The van der Waals surface area contributed by atoms with Crippen molar-refractivity contribution in [3.8, 4) is 0 Å². The normalized spacial score (nSPS) is 13.9. The summed E-state index contributed by atoms with van der Waals surface area (Å²) in [4.78, 5) is 15.0. The molecule has 0 radical (unpaired) electrons. The summed E-state index contributed by atoms with van der Waals surface area (Å²) in [5.74, 6) is -1.04. The van der Waals surface area contributed by atoms with Crippen LogP contribution in [0.1, 0.15) is 24.4 Å². The van der Waals surface area contributed by atoms with Crippen LogP contribution in [-0.2, 0) is 11.3 Å². The van der Waals surface area contributed by atoms with Crippen molar-refractivity contribution in [2.75, 3.05) is 0 Å². The number of nitrogens with zero attached hydrogens (tertiary/aromatic N) is 2. The zero-order valence-electron chi connectivity index (χ0n) is 10.9. The minimum Gasteiger partial charge on any atom is -0.481 e. The summed E-state index contributed by atoms with van der Waals surface area (Å²) in [6.07, 6.45) is 2.25. The Morgan fingerprint density at radius 3 is 2.90 bits per heavy atom. The molecule has 0 saturated heterocycles. The van der Waals surface area contributed by atoms with Gasteiger partial charge in [0.1, 0.15) is 11.9 Å². The molecule has 2 unspecified atom stereocenters. The highest BCUT2D eigenvalue weighted by Crippen LogP contribution is 2.23. The fourth-order valence-corrected chi connectivity index (χ4v) is 2.12. The van der Waals surface area contributed by atoms with Gasteiger partial charge in [-0.2, -0.15) is 0 Å². The second kappa shape index (κ2) is 6.07. The molecule has 1 aromatic carbocycles. The molecular formula is C14H15ClN2O3. The van der Waals surface area contributed by atoms with Gasteiger partial charge in [0.15, 0.2) is 0 Å². The van der Waals surface area contributed by atoms with Crippen LogP contribution < -0.4 is 0 Å². The van der Waals surface area contributed by atoms with E-state index in [0.29, 0.717) is 16.4 Å². The lowest BCUT2D eigenvalue weighted by Crippen LogP contribution is -2.19. The van der Waals surface area contributed by atoms with Crippen molar-refractivity contribution in [1.82, 2.24) is 9.55 Å². The summed E-state index contributed by atoms with van der Waals surface area (Å²) in [5.41, 5.74) is 0.618. The van der Waals surface area contributed by atoms with Crippen LogP contribution in [0.15, 0.2) is 36.7 Å². The number of hydrogen-bond acceptors (Lipinski definition) is 3. The van der Waals surface area contributed by atoms with E-state index in [1.165, 1.54) is 6.20 Å². The summed E-state index contributed by atoms with van der Waals surface area (Å²) >= 11 is 5.90. The van der Waals surface area contributed by atoms with Gasteiger partial charge in [0, 0.05) is 24.0 Å². The number of carboxylic acids is 1. The first-order valence-electron chi connectivity index (χ1n) is 6.16. The van der Waals surface area contributed by atoms with Crippen LogP contribution in [0.5, 0.6) is 0 Å². The van der Waals surface area contributed by atoms with E-state index in [4.69, 9.17) is 16.7 Å². The van der Waals surface area contributed by atoms with Crippen molar-refractivity contribution in [1.29, 1.82) is 0 Å². The van der Waals surface area contributed by atoms with Gasteiger partial charge in [-0.15, -0.1) is 0 Å². The predicted octanol–water partition coefficient (Wildman–Crippen LogP) is 2.34. The van der Waals surface area contributed by atoms with E-state index >= 15 is 0 Å². The van der Waals surface area contributed by atoms with E-state index in [0.717, 1.165) is 0 Å². The Balaban J connectivity index is 2.25. The van der Waals surface area contributed by atoms with Gasteiger partial charge in [-0.1, -0.05) is 30.7 Å². The van der Waals surface area contributed by atoms with Crippen LogP contribution >= 0.6 is 11.6 Å². The van der Waals surface area contributed by atoms with Crippen molar-refractivity contribution in [2.24, 2.45) is 5.92 Å². The Hall–Kier alpha value is -1.85. The molecule has 2 atom stereocenters. The van der Waals surface area contributed by atoms with Crippen LogP contribution in [0.4, 0.5) is 0 Å². The Kier molecular flexibility index (Phi) is 4.42. The van der Waals surface area contributed by atoms with E-state index in [1.807, 2.05) is 0 Å². The molecule has 0 aliphatic rings. The van der Waals surface area contributed by atoms with E-state index in [1.54, 1.807) is 42.0 Å². The third-order valence-electron chi connectivity index (χ3n) is 3.05. The number of halogens is 1. The van der Waals surface area contributed by atoms with Crippen LogP contribution in [0.25, 0.3) is 0 Å². The maximum absolute atomic E-state index is 10.9. The molecule has 0 bridgehead atoms. The zero-order chi connectivity index (χ0) is 14.7. The highest BCUT2D eigenvalue weighted by atomic mass is 35.5. The molecule has 5 nitrogen and oxygen atoms in total. The molecule has 0 spiro atoms. The third kappa shape index (κ3) is 3.18. The average molecular weight is 295 g/mol. The Labute approximate surface area is 121 Å². The Morgan fingerprint density at radius 2 is 2.25 bits per heavy atom. The smallest absolute Gasteiger partial charge is 0.308 e. The van der Waals surface area contributed by atoms with Crippen molar-refractivity contribution < 1.29 is 15.0 Å². The maximum Gasteiger partial charge on any atom is 0.308 e. The predicted molar refractivity (Wildman–Crippen MR) is 74.5 cm³/mol. The molecule has 0 amide bonds. The van der Waals surface area contributed by atoms with Crippen molar-refractivity contribution in [3.05, 3.63) is 53.1 Å². The maximum atomic E-state index is 10.9. The highest BCUT2D eigenvalue weighted by Gasteiger charge is 2.19. The number of benzene rings is 1. The lowest BCUT2D eigenvalue weighted by atomic mass is 10.1. The molecule has 1 aromatic heterocycles. The fraction of sp³-hybridized carbons (Fsp3) is 0.286. The number of carboxylic acid groups (broad SMARTS) is 1. The van der Waals surface area contributed by atoms with E-state index in [9.17, 15) is 9.90 Å². The Morgan fingerprint density at radius 1 is 1.50 bits per heavy atom. The minimum absolute atomic E-state index is 0.252. The standard InChI is InChI=1S/C14H15ClN2O3/c1-9(14(19)20)8-17-6-5-16-13(17)12(18)10-3-2-4-11(15)7-10/h2-7,9,12,18H,8H2,1H3,(H,19,20). The topological polar surface area (TPSA) is 75.3 Å². The molecule has 2 aromatic rings. The van der Waals surface area contributed by atoms with Gasteiger partial charge in [0.2, 0.25) is 0 Å². The van der Waals surface area contributed by atoms with Crippen molar-refractivity contribution in [2.45, 2.75) is 19.6 Å². The molecule has 0 aliphatic carbocycles. The van der Waals surface area contributed by atoms with Crippen LogP contribution in [0.3, 0.4) is 0 Å². The number of aliphatic carboxylic acids is 1. The summed E-state index contributed by atoms with van der Waals surface area (Å²) in [7, 11) is 0. The first-order valence-corrected chi connectivity index (χ1v) is 6.54. The molecular weight excluding hydrogens is 280 g/mol. The SMILES string of the molecule is CC(Cn1ccnc1C(O)c1cccc(Cl)c1)C(=O)O. The minimum atomic E-state index is -0.940. The number of carbonyl (C=O) groups is 1. The molecule has 2 N–H and O–H groups in total. The number of aliphatic hydroxyl groups excluding tert-OH is 1. The van der Waals surface area contributed by atoms with E-state index in [2.05, 4.69) is 4.98 Å². The van der Waals surface area contributed by atoms with Gasteiger partial charge in [0.25, 0.3) is 0 Å². The van der Waals surface area contributed by atoms with Crippen molar-refractivity contribution in [3.63, 3.8) is 0 Å². The quantitative estimate of drug-likeness (QED) is 0.887. The molecule has 20 heavy (non-hydrogen) atoms. The summed E-state index contributed by atoms with van der Waals surface area (Å²) < 4.78 is 1.64. The largest absolute Gasteiger partial charge is 0.481 e. The van der Waals surface area contributed by atoms with Gasteiger partial charge >= 0.3 is 5.97 Å². The number of imidazole rings is 1. The third-order valence-corrected chi connectivity index (χ3v) is 3.28. The van der Waals surface area contributed by atoms with Gasteiger partial charge < -0.3 is 14.8 Å². The summed E-state index contributed by atoms with van der Waals surface area (Å²) in [6.45, 7) is 1.86. The second-order valence-electron chi connectivity index (χ2n) is 4.63. The van der Waals surface area contributed by atoms with Crippen LogP contribution in [0, 0.1) is 5.92 Å². The van der Waals surface area contributed by atoms with Gasteiger partial charge in [-0.3, -0.25) is 4.79 Å². The highest BCUT2D eigenvalue weighted by molar-refractivity contribution is 6.30. The molecule has 1 heterocycles. The first kappa shape index (κ1) is 14.6. The van der Waals surface area contributed by atoms with Crippen LogP contribution in [-0.4, -0.2) is 25.7 Å². The van der Waals surface area contributed by atoms with Gasteiger partial charge in [-0.05, 0) is 17.7 Å². The molecule has 6 heteroatoms. The monoisotopic (exact) mass is 294 g/mol. The molecule has 0 saturated carbocycles. The molecule has 2 rings (SSSR count). The van der Waals surface area contributed by atoms with Gasteiger partial charge in [-0.25, -0.2) is 4.98 Å². The zero-order valence-corrected chi connectivity index (χ0v) is 11.7. The molecule has 0 fully saturated rings. The van der Waals surface area contributed by atoms with E-state index in [-0.39, 0.29) is 6.54 Å². The lowest BCUT2D eigenvalue weighted by Gasteiger charge is -2.15. The molecule has 106 valence electrons. The number of aliphatic hydroxyl groups is 1. The summed E-state index contributed by atoms with van der Waals surface area (Å²) in [5, 5.41) is 19.8. The van der Waals surface area contributed by atoms with Crippen LogP contribution in [0.2, 0.25) is 5.02 Å². The number of rotatable bonds is 5. The first-order chi connectivity index (χ1) is 9.49. The van der Waals surface area contributed by atoms with Crippen molar-refractivity contribution >= 4 is 17.6 Å². The Bertz CT molecular complexity index is 612. The van der Waals surface area contributed by atoms with Gasteiger partial charge in [0.05, 0.1) is 5.92 Å². The fourth-order valence-electron chi connectivity index (χ4n) is 1.92. The van der Waals surface area contributed by atoms with E-state index < -0.39 is 18.0 Å². The lowest BCUT2D eigenvalue weighted by molar-refractivity contribution is -0.141. The molecule has 0 aliphatic heterocycles. The average Bonchev–Trinajstić information content (AvgIpc) is 2.85.